The van der Waals surface area contributed by atoms with E-state index in [1.165, 1.54) is 0 Å². The summed E-state index contributed by atoms with van der Waals surface area (Å²) in [6, 6.07) is 16.1. The van der Waals surface area contributed by atoms with Gasteiger partial charge in [-0.25, -0.2) is 4.98 Å². The van der Waals surface area contributed by atoms with Gasteiger partial charge in [0.1, 0.15) is 11.0 Å². The molecule has 0 aliphatic rings. The molecule has 3 heterocycles. The largest absolute Gasteiger partial charge is 0.434 e. The van der Waals surface area contributed by atoms with Gasteiger partial charge in [0.15, 0.2) is 16.3 Å². The Morgan fingerprint density at radius 2 is 1.87 bits per heavy atom. The number of nitrogens with zero attached hydrogens (tertiary/aromatic N) is 4. The Labute approximate surface area is 179 Å². The van der Waals surface area contributed by atoms with Gasteiger partial charge in [-0.1, -0.05) is 0 Å². The highest BCUT2D eigenvalue weighted by molar-refractivity contribution is 7.80. The van der Waals surface area contributed by atoms with Gasteiger partial charge < -0.3 is 9.73 Å². The van der Waals surface area contributed by atoms with Crippen molar-refractivity contribution in [3.05, 3.63) is 66.4 Å². The predicted molar refractivity (Wildman–Crippen MR) is 118 cm³/mol. The second-order valence-corrected chi connectivity index (χ2v) is 7.23. The molecule has 5 aromatic rings. The van der Waals surface area contributed by atoms with Crippen molar-refractivity contribution in [1.29, 1.82) is 0 Å². The number of amides is 1. The summed E-state index contributed by atoms with van der Waals surface area (Å²) in [6.07, 6.45) is 1.67. The third-order valence-electron chi connectivity index (χ3n) is 4.30. The maximum absolute atomic E-state index is 12.4. The number of aromatic nitrogens is 4. The molecule has 0 bridgehead atoms. The van der Waals surface area contributed by atoms with Crippen LogP contribution >= 0.6 is 23.9 Å². The van der Waals surface area contributed by atoms with Gasteiger partial charge in [0.2, 0.25) is 5.89 Å². The van der Waals surface area contributed by atoms with Crippen LogP contribution in [0, 0.1) is 0 Å². The Kier molecular flexibility index (Phi) is 4.62. The number of thiocarbonyl (C=S) groups is 1. The van der Waals surface area contributed by atoms with Crippen molar-refractivity contribution in [2.45, 2.75) is 0 Å². The fraction of sp³-hybridized carbons (Fsp3) is 0. The highest BCUT2D eigenvalue weighted by Crippen LogP contribution is 2.24. The minimum atomic E-state index is -0.321. The van der Waals surface area contributed by atoms with Gasteiger partial charge in [-0.05, 0) is 66.8 Å². The Bertz CT molecular complexity index is 1360. The minimum Gasteiger partial charge on any atom is -0.434 e. The van der Waals surface area contributed by atoms with Crippen LogP contribution < -0.4 is 10.6 Å². The van der Waals surface area contributed by atoms with E-state index < -0.39 is 0 Å². The number of oxazole rings is 1. The summed E-state index contributed by atoms with van der Waals surface area (Å²) < 4.78 is 14.0. The number of carbonyl (C=O) groups excluding carboxylic acids is 1. The molecule has 0 fully saturated rings. The van der Waals surface area contributed by atoms with Gasteiger partial charge in [0, 0.05) is 23.0 Å². The lowest BCUT2D eigenvalue weighted by Gasteiger charge is -2.10. The van der Waals surface area contributed by atoms with Crippen molar-refractivity contribution in [2.75, 3.05) is 5.32 Å². The standard InChI is InChI=1S/C20H12N6O2S2/c27-18(12-5-8-14-15(10-12)26-30-25-14)24-20(29)22-13-6-3-11(4-7-13)19-23-17-16(28-19)2-1-9-21-17/h1-10H,(H2,22,24,27,29). The van der Waals surface area contributed by atoms with Crippen molar-refractivity contribution in [2.24, 2.45) is 0 Å². The summed E-state index contributed by atoms with van der Waals surface area (Å²) >= 11 is 6.36. The Morgan fingerprint density at radius 3 is 2.70 bits per heavy atom. The fourth-order valence-corrected chi connectivity index (χ4v) is 3.58. The van der Waals surface area contributed by atoms with Crippen LogP contribution in [0.15, 0.2) is 65.2 Å². The first-order chi connectivity index (χ1) is 14.7. The normalized spacial score (nSPS) is 10.9. The molecule has 146 valence electrons. The number of fused-ring (bicyclic) bond motifs is 2. The van der Waals surface area contributed by atoms with Crippen molar-refractivity contribution >= 4 is 62.9 Å². The molecule has 0 radical (unpaired) electrons. The Hall–Kier alpha value is -3.76. The molecule has 2 N–H and O–H groups in total. The number of hydrogen-bond acceptors (Lipinski definition) is 8. The molecule has 0 atom stereocenters. The quantitative estimate of drug-likeness (QED) is 0.412. The highest BCUT2D eigenvalue weighted by atomic mass is 32.1. The van der Waals surface area contributed by atoms with Crippen LogP contribution in [0.4, 0.5) is 5.69 Å². The van der Waals surface area contributed by atoms with Crippen molar-refractivity contribution in [1.82, 2.24) is 24.0 Å². The van der Waals surface area contributed by atoms with Crippen molar-refractivity contribution < 1.29 is 9.21 Å². The number of carbonyl (C=O) groups is 1. The van der Waals surface area contributed by atoms with Crippen LogP contribution in [0.5, 0.6) is 0 Å². The topological polar surface area (TPSA) is 106 Å². The summed E-state index contributed by atoms with van der Waals surface area (Å²) in [7, 11) is 0. The maximum atomic E-state index is 12.4. The lowest BCUT2D eigenvalue weighted by atomic mass is 10.2. The van der Waals surface area contributed by atoms with Crippen LogP contribution in [0.3, 0.4) is 0 Å². The summed E-state index contributed by atoms with van der Waals surface area (Å²) in [5, 5.41) is 5.84. The van der Waals surface area contributed by atoms with E-state index in [1.54, 1.807) is 30.5 Å². The third kappa shape index (κ3) is 3.61. The maximum Gasteiger partial charge on any atom is 0.257 e. The zero-order valence-corrected chi connectivity index (χ0v) is 16.8. The molecule has 5 rings (SSSR count). The third-order valence-corrected chi connectivity index (χ3v) is 5.06. The highest BCUT2D eigenvalue weighted by Gasteiger charge is 2.11. The number of hydrogen-bond donors (Lipinski definition) is 2. The molecule has 0 unspecified atom stereocenters. The van der Waals surface area contributed by atoms with Crippen LogP contribution in [0.25, 0.3) is 33.7 Å². The molecular weight excluding hydrogens is 420 g/mol. The lowest BCUT2D eigenvalue weighted by Crippen LogP contribution is -2.34. The van der Waals surface area contributed by atoms with E-state index in [9.17, 15) is 4.79 Å². The first-order valence-electron chi connectivity index (χ1n) is 8.82. The molecule has 0 saturated heterocycles. The Balaban J connectivity index is 1.26. The molecule has 8 nitrogen and oxygen atoms in total. The molecule has 0 saturated carbocycles. The molecule has 3 aromatic heterocycles. The smallest absolute Gasteiger partial charge is 0.257 e. The van der Waals surface area contributed by atoms with Gasteiger partial charge in [0.25, 0.3) is 5.91 Å². The van der Waals surface area contributed by atoms with Crippen LogP contribution in [-0.2, 0) is 0 Å². The second kappa shape index (κ2) is 7.58. The van der Waals surface area contributed by atoms with Gasteiger partial charge >= 0.3 is 0 Å². The average Bonchev–Trinajstić information content (AvgIpc) is 3.40. The molecule has 10 heteroatoms. The minimum absolute atomic E-state index is 0.190. The molecule has 30 heavy (non-hydrogen) atoms. The second-order valence-electron chi connectivity index (χ2n) is 6.30. The number of benzene rings is 2. The first-order valence-corrected chi connectivity index (χ1v) is 9.96. The molecule has 0 aliphatic carbocycles. The number of anilines is 1. The SMILES string of the molecule is O=C(NC(=S)Nc1ccc(-c2nc3ncccc3o2)cc1)c1ccc2nsnc2c1. The van der Waals surface area contributed by atoms with E-state index in [4.69, 9.17) is 16.6 Å². The van der Waals surface area contributed by atoms with E-state index in [2.05, 4.69) is 29.3 Å². The zero-order valence-electron chi connectivity index (χ0n) is 15.2. The number of nitrogens with one attached hydrogen (secondary N) is 2. The lowest BCUT2D eigenvalue weighted by molar-refractivity contribution is 0.0978. The van der Waals surface area contributed by atoms with E-state index in [-0.39, 0.29) is 11.0 Å². The summed E-state index contributed by atoms with van der Waals surface area (Å²) in [5.41, 5.74) is 4.61. The monoisotopic (exact) mass is 432 g/mol. The molecule has 0 spiro atoms. The van der Waals surface area contributed by atoms with E-state index in [0.717, 1.165) is 28.5 Å². The first kappa shape index (κ1) is 18.3. The van der Waals surface area contributed by atoms with Crippen LogP contribution in [-0.4, -0.2) is 29.7 Å². The van der Waals surface area contributed by atoms with Crippen LogP contribution in [0.1, 0.15) is 10.4 Å². The van der Waals surface area contributed by atoms with Gasteiger partial charge in [-0.2, -0.15) is 13.7 Å². The van der Waals surface area contributed by atoms with Crippen molar-refractivity contribution in [3.8, 4) is 11.5 Å². The summed E-state index contributed by atoms with van der Waals surface area (Å²) in [6.45, 7) is 0. The van der Waals surface area contributed by atoms with E-state index in [1.807, 2.05) is 30.3 Å². The van der Waals surface area contributed by atoms with Gasteiger partial charge in [-0.3, -0.25) is 10.1 Å². The van der Waals surface area contributed by atoms with Crippen LogP contribution in [0.2, 0.25) is 0 Å². The fourth-order valence-electron chi connectivity index (χ4n) is 2.85. The predicted octanol–water partition coefficient (Wildman–Crippen LogP) is 4.02. The van der Waals surface area contributed by atoms with Gasteiger partial charge in [-0.15, -0.1) is 0 Å². The molecular formula is C20H12N6O2S2. The molecule has 0 aliphatic heterocycles. The average molecular weight is 432 g/mol. The van der Waals surface area contributed by atoms with E-state index >= 15 is 0 Å². The summed E-state index contributed by atoms with van der Waals surface area (Å²) in [4.78, 5) is 21.0. The van der Waals surface area contributed by atoms with Crippen molar-refractivity contribution in [3.63, 3.8) is 0 Å². The molecule has 2 aromatic carbocycles. The molecule has 1 amide bonds. The van der Waals surface area contributed by atoms with Gasteiger partial charge in [0.05, 0.1) is 11.7 Å². The number of rotatable bonds is 3. The zero-order chi connectivity index (χ0) is 20.5. The summed E-state index contributed by atoms with van der Waals surface area (Å²) in [5.74, 6) is 0.163. The van der Waals surface area contributed by atoms with E-state index in [0.29, 0.717) is 28.2 Å². The Morgan fingerprint density at radius 1 is 1.03 bits per heavy atom. The number of pyridine rings is 1.